The monoisotopic (exact) mass is 239 g/mol. The Morgan fingerprint density at radius 3 is 2.31 bits per heavy atom. The van der Waals surface area contributed by atoms with E-state index in [1.165, 1.54) is 5.56 Å². The summed E-state index contributed by atoms with van der Waals surface area (Å²) in [6.07, 6.45) is 0. The summed E-state index contributed by atoms with van der Waals surface area (Å²) in [4.78, 5) is 0. The third-order valence-electron chi connectivity index (χ3n) is 3.11. The van der Waals surface area contributed by atoms with Gasteiger partial charge >= 0.3 is 0 Å². The summed E-state index contributed by atoms with van der Waals surface area (Å²) < 4.78 is 6.00. The Morgan fingerprint density at radius 2 is 1.81 bits per heavy atom. The van der Waals surface area contributed by atoms with Gasteiger partial charge in [-0.3, -0.25) is 0 Å². The van der Waals surface area contributed by atoms with Gasteiger partial charge in [-0.1, -0.05) is 23.7 Å². The van der Waals surface area contributed by atoms with Gasteiger partial charge < -0.3 is 10.1 Å². The maximum Gasteiger partial charge on any atom is 0.103 e. The van der Waals surface area contributed by atoms with E-state index >= 15 is 0 Å². The van der Waals surface area contributed by atoms with Crippen LogP contribution in [0.1, 0.15) is 26.3 Å². The Kier molecular flexibility index (Phi) is 2.99. The van der Waals surface area contributed by atoms with E-state index in [1.54, 1.807) is 0 Å². The Labute approximate surface area is 102 Å². The summed E-state index contributed by atoms with van der Waals surface area (Å²) in [5.74, 6) is 0. The number of hydrogen-bond acceptors (Lipinski definition) is 2. The lowest BCUT2D eigenvalue weighted by Gasteiger charge is -2.42. The molecule has 1 saturated heterocycles. The van der Waals surface area contributed by atoms with Crippen LogP contribution in [0.2, 0.25) is 5.02 Å². The van der Waals surface area contributed by atoms with Gasteiger partial charge in [-0.05, 0) is 38.5 Å². The largest absolute Gasteiger partial charge is 0.367 e. The summed E-state index contributed by atoms with van der Waals surface area (Å²) in [5, 5.41) is 4.26. The molecule has 0 aromatic heterocycles. The van der Waals surface area contributed by atoms with Crippen LogP contribution in [0.15, 0.2) is 24.3 Å². The number of morpholine rings is 1. The van der Waals surface area contributed by atoms with Gasteiger partial charge in [-0.25, -0.2) is 0 Å². The molecule has 1 unspecified atom stereocenters. The van der Waals surface area contributed by atoms with Crippen molar-refractivity contribution < 1.29 is 4.74 Å². The molecule has 0 aliphatic carbocycles. The molecule has 0 saturated carbocycles. The maximum atomic E-state index is 6.00. The lowest BCUT2D eigenvalue weighted by molar-refractivity contribution is -0.0949. The number of ether oxygens (including phenoxy) is 1. The molecule has 1 heterocycles. The highest BCUT2D eigenvalue weighted by molar-refractivity contribution is 6.30. The Morgan fingerprint density at radius 1 is 1.19 bits per heavy atom. The number of rotatable bonds is 1. The second-order valence-electron chi connectivity index (χ2n) is 5.26. The summed E-state index contributed by atoms with van der Waals surface area (Å²) in [6.45, 7) is 7.94. The van der Waals surface area contributed by atoms with E-state index in [1.807, 2.05) is 24.3 Å². The fourth-order valence-corrected chi connectivity index (χ4v) is 1.96. The fraction of sp³-hybridized carbons (Fsp3) is 0.538. The van der Waals surface area contributed by atoms with Crippen LogP contribution in [-0.4, -0.2) is 18.7 Å². The average molecular weight is 240 g/mol. The van der Waals surface area contributed by atoms with Gasteiger partial charge in [0.05, 0.1) is 6.61 Å². The zero-order chi connectivity index (χ0) is 11.8. The maximum absolute atomic E-state index is 6.00. The summed E-state index contributed by atoms with van der Waals surface area (Å²) in [6, 6.07) is 7.88. The molecule has 0 bridgehead atoms. The normalized spacial score (nSPS) is 29.0. The van der Waals surface area contributed by atoms with Crippen molar-refractivity contribution in [2.45, 2.75) is 31.9 Å². The van der Waals surface area contributed by atoms with Crippen molar-refractivity contribution in [1.29, 1.82) is 0 Å². The van der Waals surface area contributed by atoms with Gasteiger partial charge in [-0.15, -0.1) is 0 Å². The molecule has 88 valence electrons. The third kappa shape index (κ3) is 2.40. The molecule has 2 nitrogen and oxygen atoms in total. The molecule has 2 rings (SSSR count). The van der Waals surface area contributed by atoms with Crippen LogP contribution in [0.5, 0.6) is 0 Å². The highest BCUT2D eigenvalue weighted by Crippen LogP contribution is 2.30. The Balaban J connectivity index is 2.18. The highest BCUT2D eigenvalue weighted by atomic mass is 35.5. The average Bonchev–Trinajstić information content (AvgIpc) is 2.24. The molecule has 16 heavy (non-hydrogen) atoms. The van der Waals surface area contributed by atoms with Crippen molar-refractivity contribution in [3.05, 3.63) is 34.9 Å². The molecule has 1 atom stereocenters. The third-order valence-corrected chi connectivity index (χ3v) is 3.36. The first kappa shape index (κ1) is 11.9. The van der Waals surface area contributed by atoms with Gasteiger partial charge in [0, 0.05) is 17.1 Å². The van der Waals surface area contributed by atoms with Crippen LogP contribution in [0.4, 0.5) is 0 Å². The summed E-state index contributed by atoms with van der Waals surface area (Å²) in [7, 11) is 0. The molecule has 1 aliphatic rings. The van der Waals surface area contributed by atoms with E-state index in [0.717, 1.165) is 11.6 Å². The smallest absolute Gasteiger partial charge is 0.103 e. The fourth-order valence-electron chi connectivity index (χ4n) is 1.84. The standard InChI is InChI=1S/C13H18ClNO/c1-12(2)9-16-13(3,8-15-12)10-4-6-11(14)7-5-10/h4-7,15H,8-9H2,1-3H3. The van der Waals surface area contributed by atoms with Crippen molar-refractivity contribution in [2.75, 3.05) is 13.2 Å². The van der Waals surface area contributed by atoms with Crippen LogP contribution >= 0.6 is 11.6 Å². The van der Waals surface area contributed by atoms with Gasteiger partial charge in [0.15, 0.2) is 0 Å². The first-order valence-electron chi connectivity index (χ1n) is 5.56. The minimum absolute atomic E-state index is 0.0614. The first-order chi connectivity index (χ1) is 7.41. The number of benzene rings is 1. The zero-order valence-electron chi connectivity index (χ0n) is 10.0. The molecule has 0 spiro atoms. The molecule has 0 radical (unpaired) electrons. The molecule has 3 heteroatoms. The second-order valence-corrected chi connectivity index (χ2v) is 5.70. The predicted molar refractivity (Wildman–Crippen MR) is 66.8 cm³/mol. The van der Waals surface area contributed by atoms with E-state index in [4.69, 9.17) is 16.3 Å². The molecule has 1 aromatic carbocycles. The summed E-state index contributed by atoms with van der Waals surface area (Å²) >= 11 is 5.88. The van der Waals surface area contributed by atoms with Crippen LogP contribution in [0.25, 0.3) is 0 Å². The van der Waals surface area contributed by atoms with E-state index in [2.05, 4.69) is 26.1 Å². The van der Waals surface area contributed by atoms with Gasteiger partial charge in [0.2, 0.25) is 0 Å². The minimum atomic E-state index is -0.250. The second kappa shape index (κ2) is 4.02. The van der Waals surface area contributed by atoms with Crippen molar-refractivity contribution in [1.82, 2.24) is 5.32 Å². The quantitative estimate of drug-likeness (QED) is 0.814. The van der Waals surface area contributed by atoms with Crippen LogP contribution in [0, 0.1) is 0 Å². The number of hydrogen-bond donors (Lipinski definition) is 1. The Bertz CT molecular complexity index is 362. The van der Waals surface area contributed by atoms with Gasteiger partial charge in [0.1, 0.15) is 5.60 Å². The molecule has 1 N–H and O–H groups in total. The van der Waals surface area contributed by atoms with E-state index < -0.39 is 0 Å². The minimum Gasteiger partial charge on any atom is -0.367 e. The van der Waals surface area contributed by atoms with Crippen molar-refractivity contribution in [3.63, 3.8) is 0 Å². The molecule has 1 fully saturated rings. The topological polar surface area (TPSA) is 21.3 Å². The van der Waals surface area contributed by atoms with Crippen molar-refractivity contribution in [3.8, 4) is 0 Å². The summed E-state index contributed by atoms with van der Waals surface area (Å²) in [5.41, 5.74) is 0.978. The van der Waals surface area contributed by atoms with Gasteiger partial charge in [-0.2, -0.15) is 0 Å². The molecule has 1 aliphatic heterocycles. The molecular formula is C13H18ClNO. The van der Waals surface area contributed by atoms with E-state index in [-0.39, 0.29) is 11.1 Å². The van der Waals surface area contributed by atoms with E-state index in [0.29, 0.717) is 6.61 Å². The van der Waals surface area contributed by atoms with Crippen LogP contribution < -0.4 is 5.32 Å². The molecule has 1 aromatic rings. The Hall–Kier alpha value is -0.570. The zero-order valence-corrected chi connectivity index (χ0v) is 10.8. The van der Waals surface area contributed by atoms with Gasteiger partial charge in [0.25, 0.3) is 0 Å². The van der Waals surface area contributed by atoms with E-state index in [9.17, 15) is 0 Å². The van der Waals surface area contributed by atoms with Crippen LogP contribution in [0.3, 0.4) is 0 Å². The highest BCUT2D eigenvalue weighted by Gasteiger charge is 2.36. The lowest BCUT2D eigenvalue weighted by atomic mass is 9.91. The SMILES string of the molecule is CC1(C)COC(C)(c2ccc(Cl)cc2)CN1. The molecular weight excluding hydrogens is 222 g/mol. The van der Waals surface area contributed by atoms with Crippen molar-refractivity contribution in [2.24, 2.45) is 0 Å². The predicted octanol–water partition coefficient (Wildman–Crippen LogP) is 2.95. The number of halogens is 1. The lowest BCUT2D eigenvalue weighted by Crippen LogP contribution is -2.56. The van der Waals surface area contributed by atoms with Crippen LogP contribution in [-0.2, 0) is 10.3 Å². The van der Waals surface area contributed by atoms with Crippen molar-refractivity contribution >= 4 is 11.6 Å². The first-order valence-corrected chi connectivity index (χ1v) is 5.94. The number of nitrogens with one attached hydrogen (secondary N) is 1. The molecule has 0 amide bonds.